The van der Waals surface area contributed by atoms with Crippen molar-refractivity contribution < 1.29 is 14.7 Å². The maximum atomic E-state index is 12.4. The first-order valence-corrected chi connectivity index (χ1v) is 7.09. The molecule has 0 aliphatic heterocycles. The number of carbonyl (C=O) groups excluding carboxylic acids is 1. The van der Waals surface area contributed by atoms with Crippen LogP contribution in [0.4, 0.5) is 0 Å². The summed E-state index contributed by atoms with van der Waals surface area (Å²) in [5.74, 6) is -1.79. The van der Waals surface area contributed by atoms with E-state index in [-0.39, 0.29) is 17.0 Å². The lowest BCUT2D eigenvalue weighted by molar-refractivity contribution is -0.140. The van der Waals surface area contributed by atoms with E-state index < -0.39 is 17.9 Å². The number of hydrogen-bond donors (Lipinski definition) is 3. The highest BCUT2D eigenvalue weighted by molar-refractivity contribution is 6.06. The van der Waals surface area contributed by atoms with E-state index in [1.165, 1.54) is 6.07 Å². The van der Waals surface area contributed by atoms with Gasteiger partial charge in [0.05, 0.1) is 11.1 Å². The zero-order valence-electron chi connectivity index (χ0n) is 12.4. The van der Waals surface area contributed by atoms with Crippen molar-refractivity contribution in [2.24, 2.45) is 5.92 Å². The molecular weight excluding hydrogens is 284 g/mol. The Labute approximate surface area is 127 Å². The summed E-state index contributed by atoms with van der Waals surface area (Å²) in [7, 11) is 0. The van der Waals surface area contributed by atoms with Gasteiger partial charge in [0.1, 0.15) is 6.04 Å². The molecule has 0 radical (unpaired) electrons. The molecule has 22 heavy (non-hydrogen) atoms. The number of H-pyrrole nitrogens is 1. The number of fused-ring (bicyclic) bond motifs is 1. The quantitative estimate of drug-likeness (QED) is 0.783. The Morgan fingerprint density at radius 2 is 2.00 bits per heavy atom. The van der Waals surface area contributed by atoms with Gasteiger partial charge in [-0.15, -0.1) is 0 Å². The fourth-order valence-electron chi connectivity index (χ4n) is 2.27. The highest BCUT2D eigenvalue weighted by Gasteiger charge is 2.26. The Balaban J connectivity index is 2.39. The van der Waals surface area contributed by atoms with Crippen LogP contribution in [0.5, 0.6) is 0 Å². The summed E-state index contributed by atoms with van der Waals surface area (Å²) in [4.78, 5) is 37.8. The van der Waals surface area contributed by atoms with Gasteiger partial charge in [-0.05, 0) is 23.4 Å². The number of amides is 1. The molecule has 1 aromatic carbocycles. The van der Waals surface area contributed by atoms with Crippen molar-refractivity contribution in [2.75, 3.05) is 0 Å². The molecule has 6 heteroatoms. The van der Waals surface area contributed by atoms with E-state index in [4.69, 9.17) is 0 Å². The molecule has 6 nitrogen and oxygen atoms in total. The molecule has 116 valence electrons. The predicted octanol–water partition coefficient (Wildman–Crippen LogP) is 1.76. The molecule has 0 spiro atoms. The van der Waals surface area contributed by atoms with Crippen LogP contribution < -0.4 is 10.9 Å². The maximum absolute atomic E-state index is 12.4. The summed E-state index contributed by atoms with van der Waals surface area (Å²) >= 11 is 0. The van der Waals surface area contributed by atoms with Crippen LogP contribution in [0.2, 0.25) is 0 Å². The highest BCUT2D eigenvalue weighted by Crippen LogP contribution is 2.16. The zero-order valence-corrected chi connectivity index (χ0v) is 12.4. The molecule has 1 heterocycles. The average molecular weight is 302 g/mol. The molecule has 2 rings (SSSR count). The third-order valence-corrected chi connectivity index (χ3v) is 3.77. The van der Waals surface area contributed by atoms with Crippen LogP contribution in [0.25, 0.3) is 10.9 Å². The van der Waals surface area contributed by atoms with Crippen LogP contribution in [0, 0.1) is 5.92 Å². The van der Waals surface area contributed by atoms with Gasteiger partial charge in [0.25, 0.3) is 5.91 Å². The molecule has 0 unspecified atom stereocenters. The first kappa shape index (κ1) is 15.8. The first-order chi connectivity index (χ1) is 10.4. The minimum Gasteiger partial charge on any atom is -0.480 e. The molecule has 2 aromatic rings. The van der Waals surface area contributed by atoms with Crippen molar-refractivity contribution in [3.63, 3.8) is 0 Å². The fraction of sp³-hybridized carbons (Fsp3) is 0.312. The number of nitrogens with one attached hydrogen (secondary N) is 2. The summed E-state index contributed by atoms with van der Waals surface area (Å²) in [5, 5.41) is 12.5. The van der Waals surface area contributed by atoms with E-state index in [1.54, 1.807) is 31.2 Å². The normalized spacial score (nSPS) is 13.5. The Morgan fingerprint density at radius 1 is 1.27 bits per heavy atom. The topological polar surface area (TPSA) is 99.3 Å². The number of aromatic amines is 1. The molecule has 1 amide bonds. The van der Waals surface area contributed by atoms with Gasteiger partial charge in [0.15, 0.2) is 0 Å². The second kappa shape index (κ2) is 6.43. The molecule has 0 fully saturated rings. The number of carboxylic acid groups (broad SMARTS) is 1. The third-order valence-electron chi connectivity index (χ3n) is 3.77. The Kier molecular flexibility index (Phi) is 4.60. The summed E-state index contributed by atoms with van der Waals surface area (Å²) in [5.41, 5.74) is 0.343. The van der Waals surface area contributed by atoms with E-state index in [0.717, 1.165) is 0 Å². The summed E-state index contributed by atoms with van der Waals surface area (Å²) in [6.45, 7) is 3.63. The molecule has 0 aliphatic carbocycles. The van der Waals surface area contributed by atoms with Crippen molar-refractivity contribution in [1.29, 1.82) is 0 Å². The first-order valence-electron chi connectivity index (χ1n) is 7.09. The van der Waals surface area contributed by atoms with Crippen molar-refractivity contribution in [3.05, 3.63) is 46.2 Å². The Hall–Kier alpha value is -2.63. The largest absolute Gasteiger partial charge is 0.480 e. The van der Waals surface area contributed by atoms with E-state index >= 15 is 0 Å². The number of para-hydroxylation sites is 1. The van der Waals surface area contributed by atoms with Gasteiger partial charge in [0, 0.05) is 6.07 Å². The molecule has 0 bridgehead atoms. The number of hydrogen-bond acceptors (Lipinski definition) is 3. The van der Waals surface area contributed by atoms with Gasteiger partial charge in [-0.1, -0.05) is 32.4 Å². The van der Waals surface area contributed by atoms with E-state index in [9.17, 15) is 19.5 Å². The lowest BCUT2D eigenvalue weighted by Gasteiger charge is -2.20. The summed E-state index contributed by atoms with van der Waals surface area (Å²) in [6.07, 6.45) is 0.629. The van der Waals surface area contributed by atoms with Crippen molar-refractivity contribution in [3.8, 4) is 0 Å². The number of rotatable bonds is 5. The van der Waals surface area contributed by atoms with Crippen LogP contribution in [-0.2, 0) is 4.79 Å². The van der Waals surface area contributed by atoms with Crippen LogP contribution in [0.3, 0.4) is 0 Å². The number of pyridine rings is 1. The summed E-state index contributed by atoms with van der Waals surface area (Å²) < 4.78 is 0. The number of carboxylic acids is 1. The van der Waals surface area contributed by atoms with Gasteiger partial charge in [-0.2, -0.15) is 0 Å². The van der Waals surface area contributed by atoms with Crippen LogP contribution in [-0.4, -0.2) is 28.0 Å². The predicted molar refractivity (Wildman–Crippen MR) is 82.9 cm³/mol. The van der Waals surface area contributed by atoms with Gasteiger partial charge in [-0.25, -0.2) is 4.79 Å². The second-order valence-corrected chi connectivity index (χ2v) is 5.27. The second-order valence-electron chi connectivity index (χ2n) is 5.27. The molecule has 1 aromatic heterocycles. The maximum Gasteiger partial charge on any atom is 0.326 e. The van der Waals surface area contributed by atoms with E-state index in [2.05, 4.69) is 10.3 Å². The van der Waals surface area contributed by atoms with Crippen LogP contribution >= 0.6 is 0 Å². The standard InChI is InChI=1S/C16H18N2O4/c1-3-9(2)13(16(21)22)18-15(20)11-6-4-5-10-7-8-12(19)17-14(10)11/h4-9,13H,3H2,1-2H3,(H,17,19)(H,18,20)(H,21,22)/t9-,13-/m0/s1. The molecule has 2 atom stereocenters. The Morgan fingerprint density at radius 3 is 2.64 bits per heavy atom. The minimum atomic E-state index is -1.07. The van der Waals surface area contributed by atoms with Crippen molar-refractivity contribution in [1.82, 2.24) is 10.3 Å². The lowest BCUT2D eigenvalue weighted by atomic mass is 9.98. The zero-order chi connectivity index (χ0) is 16.3. The van der Waals surface area contributed by atoms with Gasteiger partial charge < -0.3 is 15.4 Å². The van der Waals surface area contributed by atoms with Crippen LogP contribution in [0.1, 0.15) is 30.6 Å². The average Bonchev–Trinajstić information content (AvgIpc) is 2.50. The molecule has 0 saturated heterocycles. The lowest BCUT2D eigenvalue weighted by Crippen LogP contribution is -2.45. The van der Waals surface area contributed by atoms with Gasteiger partial charge in [0.2, 0.25) is 5.56 Å². The number of carbonyl (C=O) groups is 2. The monoisotopic (exact) mass is 302 g/mol. The van der Waals surface area contributed by atoms with Gasteiger partial charge >= 0.3 is 5.97 Å². The highest BCUT2D eigenvalue weighted by atomic mass is 16.4. The minimum absolute atomic E-state index is 0.199. The van der Waals surface area contributed by atoms with Crippen molar-refractivity contribution in [2.45, 2.75) is 26.3 Å². The number of aromatic nitrogens is 1. The SMILES string of the molecule is CC[C@H](C)[C@H](NC(=O)c1cccc2ccc(=O)[nH]c12)C(=O)O. The van der Waals surface area contributed by atoms with E-state index in [1.807, 2.05) is 6.92 Å². The Bertz CT molecular complexity index is 766. The number of benzene rings is 1. The molecule has 0 saturated carbocycles. The smallest absolute Gasteiger partial charge is 0.326 e. The molecule has 3 N–H and O–H groups in total. The molecule has 0 aliphatic rings. The van der Waals surface area contributed by atoms with Gasteiger partial charge in [-0.3, -0.25) is 9.59 Å². The van der Waals surface area contributed by atoms with Crippen molar-refractivity contribution >= 4 is 22.8 Å². The number of aliphatic carboxylic acids is 1. The van der Waals surface area contributed by atoms with Crippen LogP contribution in [0.15, 0.2) is 35.1 Å². The molecular formula is C16H18N2O4. The third kappa shape index (κ3) is 3.16. The van der Waals surface area contributed by atoms with E-state index in [0.29, 0.717) is 17.3 Å². The summed E-state index contributed by atoms with van der Waals surface area (Å²) in [6, 6.07) is 7.05. The fourth-order valence-corrected chi connectivity index (χ4v) is 2.27.